The van der Waals surface area contributed by atoms with Crippen molar-refractivity contribution in [3.05, 3.63) is 38.5 Å². The molecular weight excluding hydrogens is 920 g/mol. The van der Waals surface area contributed by atoms with Gasteiger partial charge in [0, 0.05) is 61.3 Å². The molecule has 0 aliphatic rings. The Morgan fingerprint density at radius 2 is 0.429 bits per heavy atom. The second-order valence-corrected chi connectivity index (χ2v) is 14.0. The molecule has 0 aromatic carbocycles. The second-order valence-electron chi connectivity index (χ2n) is 14.0. The Morgan fingerprint density at radius 3 is 0.490 bits per heavy atom. The molecule has 0 bridgehead atoms. The van der Waals surface area contributed by atoms with E-state index in [1.54, 1.807) is 12.8 Å². The van der Waals surface area contributed by atoms with Crippen molar-refractivity contribution in [2.75, 3.05) is 0 Å². The largest absolute Gasteiger partial charge is 0.633 e. The first-order valence-corrected chi connectivity index (χ1v) is 14.7. The van der Waals surface area contributed by atoms with Gasteiger partial charge in [-0.1, -0.05) is 83.1 Å². The predicted molar refractivity (Wildman–Crippen MR) is 179 cm³/mol. The summed E-state index contributed by atoms with van der Waals surface area (Å²) in [5.74, 6) is 0.113. The van der Waals surface area contributed by atoms with Crippen LogP contribution in [-0.2, 0) is 80.4 Å². The Bertz CT molecular complexity index is 649. The van der Waals surface area contributed by atoms with Gasteiger partial charge >= 0.3 is 0 Å². The van der Waals surface area contributed by atoms with Crippen LogP contribution in [0.5, 0.6) is 0 Å². The molecule has 0 heterocycles. The summed E-state index contributed by atoms with van der Waals surface area (Å²) in [5.41, 5.74) is -1.52. The SMILES string of the molecule is CC(C)(C)C(=O)[CH-][CH-][CH-]C(=O)C(C)(C)C.CC(C)(C)C(=O)[CH-][CH-][CH-]C(=O)C(C)(C)C.CC(O)O.CC(O)O.CC(O)O.CC(O)O.[Pd].[Pd].[Pd]. The minimum absolute atomic E-state index is 0. The number of aliphatic hydroxyl groups excluding tert-OH is 4. The predicted octanol–water partition coefficient (Wildman–Crippen LogP) is 2.92. The first-order valence-electron chi connectivity index (χ1n) is 14.7. The molecule has 49 heavy (non-hydrogen) atoms. The van der Waals surface area contributed by atoms with Gasteiger partial charge in [0.2, 0.25) is 0 Å². The van der Waals surface area contributed by atoms with E-state index in [0.29, 0.717) is 0 Å². The van der Waals surface area contributed by atoms with Gasteiger partial charge in [-0.05, 0) is 72.5 Å². The quantitative estimate of drug-likeness (QED) is 0.0998. The fourth-order valence-electron chi connectivity index (χ4n) is 1.45. The average molecular weight is 986 g/mol. The van der Waals surface area contributed by atoms with Gasteiger partial charge in [0.05, 0.1) is 0 Å². The molecule has 15 heteroatoms. The Balaban J connectivity index is -0.0000000623. The Hall–Kier alpha value is -0.173. The van der Waals surface area contributed by atoms with E-state index in [2.05, 4.69) is 0 Å². The van der Waals surface area contributed by atoms with Crippen molar-refractivity contribution < 1.29 is 121 Å². The second kappa shape index (κ2) is 36.2. The van der Waals surface area contributed by atoms with Crippen LogP contribution in [0.15, 0.2) is 0 Å². The van der Waals surface area contributed by atoms with Gasteiger partial charge < -0.3 is 98.6 Å². The number of hydrogen-bond acceptors (Lipinski definition) is 12. The maximum atomic E-state index is 11.5. The summed E-state index contributed by atoms with van der Waals surface area (Å²) in [7, 11) is 0. The van der Waals surface area contributed by atoms with Crippen molar-refractivity contribution in [2.45, 2.75) is 136 Å². The van der Waals surface area contributed by atoms with Crippen molar-refractivity contribution in [1.82, 2.24) is 0 Å². The molecule has 0 spiro atoms. The van der Waals surface area contributed by atoms with E-state index >= 15 is 0 Å². The van der Waals surface area contributed by atoms with Crippen molar-refractivity contribution in [2.24, 2.45) is 21.7 Å². The summed E-state index contributed by atoms with van der Waals surface area (Å²) in [4.78, 5) is 45.9. The minimum atomic E-state index is -1.17. The molecule has 0 unspecified atom stereocenters. The summed E-state index contributed by atoms with van der Waals surface area (Å²) in [6.07, 6.45) is 4.27. The Morgan fingerprint density at radius 1 is 0.347 bits per heavy atom. The van der Waals surface area contributed by atoms with Crippen LogP contribution >= 0.6 is 0 Å². The van der Waals surface area contributed by atoms with Crippen LogP contribution in [0.25, 0.3) is 0 Å². The maximum Gasteiger partial charge on any atom is 0.148 e. The number of aliphatic hydroxyl groups is 8. The molecule has 0 atom stereocenters. The molecule has 8 N–H and O–H groups in total. The van der Waals surface area contributed by atoms with E-state index in [4.69, 9.17) is 40.9 Å². The molecule has 0 saturated carbocycles. The Labute approximate surface area is 338 Å². The first-order chi connectivity index (χ1) is 20.0. The third-order valence-corrected chi connectivity index (χ3v) is 3.95. The average Bonchev–Trinajstić information content (AvgIpc) is 2.75. The molecule has 0 aromatic rings. The van der Waals surface area contributed by atoms with Crippen LogP contribution in [0.3, 0.4) is 0 Å². The van der Waals surface area contributed by atoms with Crippen molar-refractivity contribution in [3.63, 3.8) is 0 Å². The molecule has 0 rings (SSSR count). The molecule has 0 radical (unpaired) electrons. The monoisotopic (exact) mass is 984 g/mol. The summed E-state index contributed by atoms with van der Waals surface area (Å²) in [6, 6.07) is 0. The third kappa shape index (κ3) is 78.3. The number of Topliss-reactive ketones (excluding diaryl/α,β-unsaturated/α-hetero) is 4. The van der Waals surface area contributed by atoms with Gasteiger partial charge in [-0.15, -0.1) is 0 Å². The van der Waals surface area contributed by atoms with E-state index in [1.165, 1.54) is 53.4 Å². The summed E-state index contributed by atoms with van der Waals surface area (Å²) < 4.78 is 0. The number of carbonyl (C=O) groups is 4. The number of carbonyl (C=O) groups excluding carboxylic acids is 4. The topological polar surface area (TPSA) is 230 Å². The molecule has 0 fully saturated rings. The Kier molecular flexibility index (Phi) is 52.0. The van der Waals surface area contributed by atoms with Gasteiger partial charge in [0.25, 0.3) is 0 Å². The third-order valence-electron chi connectivity index (χ3n) is 3.95. The molecule has 0 aliphatic heterocycles. The van der Waals surface area contributed by atoms with Gasteiger partial charge in [-0.3, -0.25) is 0 Å². The zero-order valence-electron chi connectivity index (χ0n) is 31.9. The fraction of sp³-hybridized carbons (Fsp3) is 0.706. The molecule has 0 aromatic heterocycles. The van der Waals surface area contributed by atoms with Crippen LogP contribution in [0.4, 0.5) is 0 Å². The standard InChI is InChI=1S/2C13H21O2.4C2H6O2.3Pd/c2*1-12(2,3)10(14)8-7-9-11(15)13(4,5)6;4*1-2(3)4;;;/h2*7-9H,1-6H3;4*2-4H,1H3;;;/q2*-3;;;;;;;. The number of rotatable bonds is 8. The van der Waals surface area contributed by atoms with Crippen LogP contribution in [0.2, 0.25) is 0 Å². The van der Waals surface area contributed by atoms with Gasteiger partial charge in [-0.25, -0.2) is 0 Å². The molecular formula is C34H66O12Pd3-6. The molecule has 12 nitrogen and oxygen atoms in total. The molecule has 0 aliphatic carbocycles. The van der Waals surface area contributed by atoms with Crippen LogP contribution in [-0.4, -0.2) is 89.1 Å². The molecule has 310 valence electrons. The smallest absolute Gasteiger partial charge is 0.148 e. The van der Waals surface area contributed by atoms with E-state index in [9.17, 15) is 19.2 Å². The first kappa shape index (κ1) is 70.4. The molecule has 0 saturated heterocycles. The molecule has 0 amide bonds. The van der Waals surface area contributed by atoms with Crippen molar-refractivity contribution in [1.29, 1.82) is 0 Å². The van der Waals surface area contributed by atoms with Crippen LogP contribution < -0.4 is 0 Å². The maximum absolute atomic E-state index is 11.5. The van der Waals surface area contributed by atoms with Gasteiger partial charge in [0.15, 0.2) is 0 Å². The number of ketones is 4. The van der Waals surface area contributed by atoms with E-state index in [1.807, 2.05) is 83.1 Å². The van der Waals surface area contributed by atoms with E-state index in [0.717, 1.165) is 0 Å². The zero-order chi connectivity index (χ0) is 38.9. The van der Waals surface area contributed by atoms with Gasteiger partial charge in [-0.2, -0.15) is 0 Å². The van der Waals surface area contributed by atoms with Crippen molar-refractivity contribution >= 4 is 23.1 Å². The van der Waals surface area contributed by atoms with E-state index in [-0.39, 0.29) is 106 Å². The zero-order valence-corrected chi connectivity index (χ0v) is 36.6. The summed E-state index contributed by atoms with van der Waals surface area (Å²) in [6.45, 7) is 27.3. The van der Waals surface area contributed by atoms with Gasteiger partial charge in [0.1, 0.15) is 25.2 Å². The van der Waals surface area contributed by atoms with Crippen molar-refractivity contribution in [3.8, 4) is 0 Å². The summed E-state index contributed by atoms with van der Waals surface area (Å²) in [5, 5.41) is 60.9. The fourth-order valence-corrected chi connectivity index (χ4v) is 1.45. The normalized spacial score (nSPS) is 10.4. The van der Waals surface area contributed by atoms with Crippen LogP contribution in [0.1, 0.15) is 111 Å². The van der Waals surface area contributed by atoms with E-state index < -0.39 is 25.2 Å². The minimum Gasteiger partial charge on any atom is -0.633 e. The number of hydrogen-bond donors (Lipinski definition) is 8. The van der Waals surface area contributed by atoms with Crippen LogP contribution in [0, 0.1) is 60.2 Å². The summed E-state index contributed by atoms with van der Waals surface area (Å²) >= 11 is 0.